The molecular weight excluding hydrogens is 378 g/mol. The molecule has 2 fully saturated rings. The Kier molecular flexibility index (Phi) is 4.85. The average molecular weight is 405 g/mol. The molecule has 3 aliphatic rings. The van der Waals surface area contributed by atoms with Crippen LogP contribution in [0.5, 0.6) is 0 Å². The number of nitrogens with one attached hydrogen (secondary N) is 1. The lowest BCUT2D eigenvalue weighted by molar-refractivity contribution is -0.139. The summed E-state index contributed by atoms with van der Waals surface area (Å²) in [6.07, 6.45) is 2.24. The highest BCUT2D eigenvalue weighted by Gasteiger charge is 2.48. The average Bonchev–Trinajstić information content (AvgIpc) is 3.24. The van der Waals surface area contributed by atoms with Crippen molar-refractivity contribution in [3.63, 3.8) is 0 Å². The van der Waals surface area contributed by atoms with Gasteiger partial charge in [-0.3, -0.25) is 9.69 Å². The Labute approximate surface area is 176 Å². The molecule has 5 rings (SSSR count). The molecule has 2 saturated heterocycles. The summed E-state index contributed by atoms with van der Waals surface area (Å²) in [7, 11) is 0. The number of hydrogen-bond acceptors (Lipinski definition) is 3. The van der Waals surface area contributed by atoms with Gasteiger partial charge < -0.3 is 15.3 Å². The Morgan fingerprint density at radius 3 is 2.47 bits per heavy atom. The van der Waals surface area contributed by atoms with Crippen LogP contribution in [0.2, 0.25) is 0 Å². The third kappa shape index (κ3) is 3.11. The van der Waals surface area contributed by atoms with Crippen LogP contribution < -0.4 is 5.32 Å². The van der Waals surface area contributed by atoms with Gasteiger partial charge in [-0.1, -0.05) is 48.5 Å². The zero-order chi connectivity index (χ0) is 20.7. The second-order valence-corrected chi connectivity index (χ2v) is 8.54. The molecule has 156 valence electrons. The summed E-state index contributed by atoms with van der Waals surface area (Å²) >= 11 is 0. The summed E-state index contributed by atoms with van der Waals surface area (Å²) in [4.78, 5) is 28.7. The van der Waals surface area contributed by atoms with E-state index in [1.54, 1.807) is 0 Å². The number of carbonyl (C=O) groups is 2. The number of benzene rings is 2. The lowest BCUT2D eigenvalue weighted by atomic mass is 9.80. The third-order valence-electron chi connectivity index (χ3n) is 6.94. The summed E-state index contributed by atoms with van der Waals surface area (Å²) in [5.74, 6) is 0.223. The lowest BCUT2D eigenvalue weighted by Gasteiger charge is -2.42. The molecule has 0 aromatic heterocycles. The molecule has 0 saturated carbocycles. The molecule has 0 spiro atoms. The number of nitrogens with zero attached hydrogens (tertiary/aromatic N) is 2. The van der Waals surface area contributed by atoms with Crippen molar-refractivity contribution in [3.8, 4) is 0 Å². The zero-order valence-corrected chi connectivity index (χ0v) is 16.9. The number of rotatable bonds is 2. The standard InChI is InChI=1S/C24H27N3O3/c28-23(20-12-6-7-14-26(20)24(29)30)27-15-13-18-21(16-8-2-1-3-9-16)25-19-11-5-4-10-17(19)22(18)27/h1-5,8-11,18,20-22,25H,6-7,12-15H2,(H,29,30)/t18-,20-,21+,22+/m1/s1. The highest BCUT2D eigenvalue weighted by molar-refractivity contribution is 5.86. The fraction of sp³-hybridized carbons (Fsp3) is 0.417. The minimum atomic E-state index is -0.989. The molecule has 0 radical (unpaired) electrons. The number of likely N-dealkylation sites (tertiary alicyclic amines) is 2. The maximum Gasteiger partial charge on any atom is 0.407 e. The minimum absolute atomic E-state index is 0.0299. The maximum atomic E-state index is 13.6. The van der Waals surface area contributed by atoms with E-state index in [-0.39, 0.29) is 23.9 Å². The van der Waals surface area contributed by atoms with E-state index in [9.17, 15) is 14.7 Å². The van der Waals surface area contributed by atoms with Crippen LogP contribution in [-0.4, -0.2) is 46.0 Å². The van der Waals surface area contributed by atoms with E-state index in [0.29, 0.717) is 19.5 Å². The van der Waals surface area contributed by atoms with Crippen LogP contribution >= 0.6 is 0 Å². The molecule has 0 aliphatic carbocycles. The molecule has 2 N–H and O–H groups in total. The molecule has 3 heterocycles. The fourth-order valence-electron chi connectivity index (χ4n) is 5.57. The summed E-state index contributed by atoms with van der Waals surface area (Å²) in [5.41, 5.74) is 3.42. The molecule has 4 atom stereocenters. The van der Waals surface area contributed by atoms with Crippen LogP contribution in [0, 0.1) is 5.92 Å². The topological polar surface area (TPSA) is 72.9 Å². The van der Waals surface area contributed by atoms with Gasteiger partial charge >= 0.3 is 6.09 Å². The van der Waals surface area contributed by atoms with Gasteiger partial charge in [0.2, 0.25) is 5.91 Å². The molecule has 6 heteroatoms. The van der Waals surface area contributed by atoms with Gasteiger partial charge in [0.05, 0.1) is 12.1 Å². The van der Waals surface area contributed by atoms with Gasteiger partial charge in [0, 0.05) is 24.7 Å². The Morgan fingerprint density at radius 1 is 0.900 bits per heavy atom. The quantitative estimate of drug-likeness (QED) is 0.782. The molecule has 2 amide bonds. The number of amides is 2. The molecule has 2 aromatic carbocycles. The van der Waals surface area contributed by atoms with Crippen molar-refractivity contribution >= 4 is 17.7 Å². The van der Waals surface area contributed by atoms with Gasteiger partial charge in [-0.05, 0) is 42.9 Å². The molecule has 2 aromatic rings. The van der Waals surface area contributed by atoms with E-state index in [0.717, 1.165) is 30.5 Å². The van der Waals surface area contributed by atoms with Crippen molar-refractivity contribution in [2.75, 3.05) is 18.4 Å². The van der Waals surface area contributed by atoms with Gasteiger partial charge in [0.1, 0.15) is 6.04 Å². The second-order valence-electron chi connectivity index (χ2n) is 8.54. The van der Waals surface area contributed by atoms with Gasteiger partial charge in [0.15, 0.2) is 0 Å². The van der Waals surface area contributed by atoms with E-state index < -0.39 is 12.1 Å². The zero-order valence-electron chi connectivity index (χ0n) is 16.9. The van der Waals surface area contributed by atoms with E-state index >= 15 is 0 Å². The molecule has 0 bridgehead atoms. The minimum Gasteiger partial charge on any atom is -0.465 e. The number of piperidine rings is 1. The van der Waals surface area contributed by atoms with Crippen molar-refractivity contribution in [2.45, 2.75) is 43.8 Å². The SMILES string of the molecule is O=C(O)N1CCCC[C@@H]1C(=O)N1CC[C@@H]2[C@H](c3ccccc3)Nc3ccccc3[C@@H]21. The first kappa shape index (κ1) is 19.0. The highest BCUT2D eigenvalue weighted by Crippen LogP contribution is 2.51. The number of hydrogen-bond donors (Lipinski definition) is 2. The van der Waals surface area contributed by atoms with Crippen LogP contribution in [0.15, 0.2) is 54.6 Å². The lowest BCUT2D eigenvalue weighted by Crippen LogP contribution is -2.53. The Hall–Kier alpha value is -3.02. The van der Waals surface area contributed by atoms with E-state index in [2.05, 4.69) is 41.7 Å². The largest absolute Gasteiger partial charge is 0.465 e. The van der Waals surface area contributed by atoms with Gasteiger partial charge in [-0.25, -0.2) is 4.79 Å². The summed E-state index contributed by atoms with van der Waals surface area (Å²) in [5, 5.41) is 13.3. The third-order valence-corrected chi connectivity index (χ3v) is 6.94. The monoisotopic (exact) mass is 405 g/mol. The van der Waals surface area contributed by atoms with Crippen molar-refractivity contribution in [3.05, 3.63) is 65.7 Å². The first-order valence-corrected chi connectivity index (χ1v) is 10.9. The van der Waals surface area contributed by atoms with Crippen molar-refractivity contribution in [1.29, 1.82) is 0 Å². The van der Waals surface area contributed by atoms with Crippen LogP contribution in [0.1, 0.15) is 48.9 Å². The number of fused-ring (bicyclic) bond motifs is 3. The van der Waals surface area contributed by atoms with Crippen LogP contribution in [-0.2, 0) is 4.79 Å². The first-order valence-electron chi connectivity index (χ1n) is 10.9. The Morgan fingerprint density at radius 2 is 1.67 bits per heavy atom. The van der Waals surface area contributed by atoms with E-state index in [1.165, 1.54) is 10.5 Å². The number of carbonyl (C=O) groups excluding carboxylic acids is 1. The Balaban J connectivity index is 1.51. The molecule has 6 nitrogen and oxygen atoms in total. The number of anilines is 1. The maximum absolute atomic E-state index is 13.6. The van der Waals surface area contributed by atoms with Gasteiger partial charge in [0.25, 0.3) is 0 Å². The summed E-state index contributed by atoms with van der Waals surface area (Å²) < 4.78 is 0. The number of para-hydroxylation sites is 1. The van der Waals surface area contributed by atoms with Crippen LogP contribution in [0.3, 0.4) is 0 Å². The molecule has 3 aliphatic heterocycles. The molecule has 0 unspecified atom stereocenters. The Bertz CT molecular complexity index is 948. The van der Waals surface area contributed by atoms with Gasteiger partial charge in [-0.15, -0.1) is 0 Å². The highest BCUT2D eigenvalue weighted by atomic mass is 16.4. The molecule has 30 heavy (non-hydrogen) atoms. The smallest absolute Gasteiger partial charge is 0.407 e. The normalized spacial score (nSPS) is 27.7. The number of carboxylic acid groups (broad SMARTS) is 1. The predicted molar refractivity (Wildman–Crippen MR) is 114 cm³/mol. The van der Waals surface area contributed by atoms with Crippen molar-refractivity contribution in [1.82, 2.24) is 9.80 Å². The van der Waals surface area contributed by atoms with E-state index in [4.69, 9.17) is 0 Å². The van der Waals surface area contributed by atoms with Crippen LogP contribution in [0.25, 0.3) is 0 Å². The van der Waals surface area contributed by atoms with Crippen LogP contribution in [0.4, 0.5) is 10.5 Å². The first-order chi connectivity index (χ1) is 14.6. The van der Waals surface area contributed by atoms with E-state index in [1.807, 2.05) is 23.1 Å². The summed E-state index contributed by atoms with van der Waals surface area (Å²) in [6, 6.07) is 18.2. The van der Waals surface area contributed by atoms with Gasteiger partial charge in [-0.2, -0.15) is 0 Å². The predicted octanol–water partition coefficient (Wildman–Crippen LogP) is 4.28. The fourth-order valence-corrected chi connectivity index (χ4v) is 5.57. The van der Waals surface area contributed by atoms with Crippen molar-refractivity contribution in [2.24, 2.45) is 5.92 Å². The van der Waals surface area contributed by atoms with Crippen molar-refractivity contribution < 1.29 is 14.7 Å². The summed E-state index contributed by atoms with van der Waals surface area (Å²) in [6.45, 7) is 1.11. The second kappa shape index (κ2) is 7.67. The molecular formula is C24H27N3O3.